The van der Waals surface area contributed by atoms with Gasteiger partial charge in [-0.15, -0.1) is 12.3 Å². The third-order valence-electron chi connectivity index (χ3n) is 2.04. The van der Waals surface area contributed by atoms with E-state index in [-0.39, 0.29) is 12.6 Å². The summed E-state index contributed by atoms with van der Waals surface area (Å²) in [5, 5.41) is 0. The van der Waals surface area contributed by atoms with Crippen molar-refractivity contribution in [3.8, 4) is 12.3 Å². The van der Waals surface area contributed by atoms with Crippen molar-refractivity contribution in [2.45, 2.75) is 37.7 Å². The lowest BCUT2D eigenvalue weighted by Crippen LogP contribution is -2.40. The molecule has 0 aliphatic rings. The van der Waals surface area contributed by atoms with Gasteiger partial charge in [0.25, 0.3) is 0 Å². The summed E-state index contributed by atoms with van der Waals surface area (Å²) in [6.07, 6.45) is 3.02. The van der Waals surface area contributed by atoms with Gasteiger partial charge < -0.3 is 4.74 Å². The maximum Gasteiger partial charge on any atom is 0.330 e. The number of terminal acetylenes is 1. The van der Waals surface area contributed by atoms with E-state index >= 15 is 0 Å². The third-order valence-corrected chi connectivity index (χ3v) is 2.04. The number of hydrogen-bond donors (Lipinski definition) is 2. The Morgan fingerprint density at radius 3 is 2.53 bits per heavy atom. The minimum absolute atomic E-state index is 0.163. The van der Waals surface area contributed by atoms with Crippen LogP contribution >= 0.6 is 0 Å². The summed E-state index contributed by atoms with van der Waals surface area (Å²) in [7, 11) is 0. The third kappa shape index (κ3) is 7.15. The van der Waals surface area contributed by atoms with Gasteiger partial charge in [0.1, 0.15) is 6.61 Å². The van der Waals surface area contributed by atoms with Crippen molar-refractivity contribution in [3.63, 3.8) is 0 Å². The average molecular weight is 256 g/mol. The number of ether oxygens (including phenoxy) is 1. The van der Waals surface area contributed by atoms with Crippen LogP contribution in [0.5, 0.6) is 0 Å². The number of rotatable bonds is 9. The smallest absolute Gasteiger partial charge is 0.330 e. The Labute approximate surface area is 97.7 Å². The molecule has 100 valence electrons. The molecular weight excluding hydrogens is 240 g/mol. The van der Waals surface area contributed by atoms with Crippen LogP contribution in [0.2, 0.25) is 0 Å². The van der Waals surface area contributed by atoms with Crippen molar-refractivity contribution >= 4 is 0 Å². The second kappa shape index (κ2) is 8.28. The largest absolute Gasteiger partial charge is 0.373 e. The molecule has 3 N–H and O–H groups in total. The van der Waals surface area contributed by atoms with E-state index in [1.165, 1.54) is 0 Å². The number of halogens is 4. The fourth-order valence-electron chi connectivity index (χ4n) is 1.07. The van der Waals surface area contributed by atoms with Gasteiger partial charge >= 0.3 is 12.3 Å². The predicted octanol–water partition coefficient (Wildman–Crippen LogP) is 1.54. The summed E-state index contributed by atoms with van der Waals surface area (Å²) in [6.45, 7) is -1.48. The van der Waals surface area contributed by atoms with Gasteiger partial charge in [0, 0.05) is 12.5 Å². The molecule has 0 heterocycles. The highest BCUT2D eigenvalue weighted by molar-refractivity contribution is 4.83. The van der Waals surface area contributed by atoms with E-state index in [9.17, 15) is 17.6 Å². The fraction of sp³-hybridized carbons (Fsp3) is 0.800. The molecule has 0 rings (SSSR count). The minimum Gasteiger partial charge on any atom is -0.373 e. The molecule has 0 bridgehead atoms. The van der Waals surface area contributed by atoms with Crippen molar-refractivity contribution in [1.29, 1.82) is 0 Å². The first-order valence-electron chi connectivity index (χ1n) is 5.07. The molecule has 1 unspecified atom stereocenters. The summed E-state index contributed by atoms with van der Waals surface area (Å²) < 4.78 is 53.0. The summed E-state index contributed by atoms with van der Waals surface area (Å²) in [5.41, 5.74) is 2.35. The lowest BCUT2D eigenvalue weighted by atomic mass is 10.1. The highest BCUT2D eigenvalue weighted by atomic mass is 19.3. The number of hydrazine groups is 1. The Balaban J connectivity index is 3.80. The van der Waals surface area contributed by atoms with Crippen LogP contribution in [-0.2, 0) is 4.74 Å². The van der Waals surface area contributed by atoms with E-state index in [1.54, 1.807) is 0 Å². The monoisotopic (exact) mass is 256 g/mol. The second-order valence-corrected chi connectivity index (χ2v) is 3.54. The molecule has 7 heteroatoms. The highest BCUT2D eigenvalue weighted by Crippen LogP contribution is 2.22. The van der Waals surface area contributed by atoms with Crippen molar-refractivity contribution in [2.75, 3.05) is 13.2 Å². The molecule has 0 spiro atoms. The standard InChI is InChI=1S/C10H16F4N2O/c1-2-3-4-5-8(16-15)6-17-7-10(13,14)9(11)12/h1,8-9,16H,3-7,15H2. The van der Waals surface area contributed by atoms with Gasteiger partial charge in [0.2, 0.25) is 0 Å². The molecule has 3 nitrogen and oxygen atoms in total. The van der Waals surface area contributed by atoms with Crippen LogP contribution in [0.1, 0.15) is 19.3 Å². The van der Waals surface area contributed by atoms with E-state index in [1.807, 2.05) is 0 Å². The normalized spacial score (nSPS) is 13.7. The number of alkyl halides is 4. The molecule has 0 amide bonds. The molecule has 0 aliphatic carbocycles. The Bertz CT molecular complexity index is 243. The van der Waals surface area contributed by atoms with E-state index in [4.69, 9.17) is 12.3 Å². The zero-order valence-electron chi connectivity index (χ0n) is 9.27. The Kier molecular flexibility index (Phi) is 7.87. The van der Waals surface area contributed by atoms with E-state index < -0.39 is 19.0 Å². The van der Waals surface area contributed by atoms with E-state index in [2.05, 4.69) is 16.1 Å². The summed E-state index contributed by atoms with van der Waals surface area (Å²) in [5.74, 6) is 3.43. The topological polar surface area (TPSA) is 47.3 Å². The molecule has 0 aromatic heterocycles. The van der Waals surface area contributed by atoms with Crippen molar-refractivity contribution in [1.82, 2.24) is 5.43 Å². The Hall–Kier alpha value is -0.840. The minimum atomic E-state index is -4.13. The quantitative estimate of drug-likeness (QED) is 0.216. The molecule has 0 aliphatic heterocycles. The van der Waals surface area contributed by atoms with Gasteiger partial charge in [-0.2, -0.15) is 8.78 Å². The second-order valence-electron chi connectivity index (χ2n) is 3.54. The Morgan fingerprint density at radius 2 is 2.06 bits per heavy atom. The molecule has 1 atom stereocenters. The first kappa shape index (κ1) is 16.2. The molecule has 0 aromatic rings. The number of nitrogens with one attached hydrogen (secondary N) is 1. The molecule has 0 radical (unpaired) electrons. The summed E-state index contributed by atoms with van der Waals surface area (Å²) >= 11 is 0. The van der Waals surface area contributed by atoms with E-state index in [0.29, 0.717) is 19.3 Å². The number of nitrogens with two attached hydrogens (primary N) is 1. The average Bonchev–Trinajstić information content (AvgIpc) is 2.26. The fourth-order valence-corrected chi connectivity index (χ4v) is 1.07. The van der Waals surface area contributed by atoms with Crippen LogP contribution in [0.4, 0.5) is 17.6 Å². The van der Waals surface area contributed by atoms with Crippen LogP contribution < -0.4 is 11.3 Å². The molecule has 0 saturated heterocycles. The zero-order chi connectivity index (χ0) is 13.3. The SMILES string of the molecule is C#CCCCC(COCC(F)(F)C(F)F)NN. The van der Waals surface area contributed by atoms with Crippen LogP contribution in [0.25, 0.3) is 0 Å². The molecule has 0 saturated carbocycles. The van der Waals surface area contributed by atoms with Crippen LogP contribution in [0.3, 0.4) is 0 Å². The summed E-state index contributed by atoms with van der Waals surface area (Å²) in [4.78, 5) is 0. The van der Waals surface area contributed by atoms with Crippen molar-refractivity contribution in [2.24, 2.45) is 5.84 Å². The van der Waals surface area contributed by atoms with Crippen molar-refractivity contribution < 1.29 is 22.3 Å². The molecular formula is C10H16F4N2O. The first-order chi connectivity index (χ1) is 7.94. The zero-order valence-corrected chi connectivity index (χ0v) is 9.27. The predicted molar refractivity (Wildman–Crippen MR) is 55.6 cm³/mol. The maximum absolute atomic E-state index is 12.5. The van der Waals surface area contributed by atoms with Crippen LogP contribution in [0.15, 0.2) is 0 Å². The van der Waals surface area contributed by atoms with Crippen LogP contribution in [-0.4, -0.2) is 31.6 Å². The molecule has 0 fully saturated rings. The lowest BCUT2D eigenvalue weighted by Gasteiger charge is -2.19. The van der Waals surface area contributed by atoms with Gasteiger partial charge in [-0.1, -0.05) is 0 Å². The molecule has 17 heavy (non-hydrogen) atoms. The van der Waals surface area contributed by atoms with Gasteiger partial charge in [-0.25, -0.2) is 8.78 Å². The maximum atomic E-state index is 12.5. The number of unbranched alkanes of at least 4 members (excludes halogenated alkanes) is 1. The lowest BCUT2D eigenvalue weighted by molar-refractivity contribution is -0.167. The summed E-state index contributed by atoms with van der Waals surface area (Å²) in [6, 6.07) is -0.378. The van der Waals surface area contributed by atoms with Gasteiger partial charge in [-0.05, 0) is 12.8 Å². The first-order valence-corrected chi connectivity index (χ1v) is 5.07. The number of hydrogen-bond acceptors (Lipinski definition) is 3. The molecule has 0 aromatic carbocycles. The van der Waals surface area contributed by atoms with Crippen LogP contribution in [0, 0.1) is 12.3 Å². The Morgan fingerprint density at radius 1 is 1.41 bits per heavy atom. The van der Waals surface area contributed by atoms with Crippen molar-refractivity contribution in [3.05, 3.63) is 0 Å². The van der Waals surface area contributed by atoms with Gasteiger partial charge in [-0.3, -0.25) is 11.3 Å². The highest BCUT2D eigenvalue weighted by Gasteiger charge is 2.41. The van der Waals surface area contributed by atoms with Gasteiger partial charge in [0.05, 0.1) is 6.61 Å². The van der Waals surface area contributed by atoms with Gasteiger partial charge in [0.15, 0.2) is 0 Å². The van der Waals surface area contributed by atoms with E-state index in [0.717, 1.165) is 0 Å².